The van der Waals surface area contributed by atoms with E-state index in [1.165, 1.54) is 36.8 Å². The minimum atomic E-state index is -1.03. The Bertz CT molecular complexity index is 401. The summed E-state index contributed by atoms with van der Waals surface area (Å²) in [5.41, 5.74) is 0. The van der Waals surface area contributed by atoms with Crippen molar-refractivity contribution in [3.8, 4) is 0 Å². The van der Waals surface area contributed by atoms with Crippen LogP contribution in [-0.4, -0.2) is 22.2 Å². The molecule has 2 aromatic heterocycles. The minimum Gasteiger partial charge on any atom is -0.475 e. The first-order valence-electron chi connectivity index (χ1n) is 4.15. The summed E-state index contributed by atoms with van der Waals surface area (Å²) < 4.78 is 8.99. The van der Waals surface area contributed by atoms with Gasteiger partial charge in [-0.25, -0.2) is 9.59 Å². The fraction of sp³-hybridized carbons (Fsp3) is 0. The van der Waals surface area contributed by atoms with E-state index >= 15 is 0 Å². The van der Waals surface area contributed by atoms with Crippen molar-refractivity contribution in [3.63, 3.8) is 0 Å². The molecule has 17 heavy (non-hydrogen) atoms. The Morgan fingerprint density at radius 1 is 0.882 bits per heavy atom. The number of carbonyl (C=O) groups is 2. The van der Waals surface area contributed by atoms with Crippen molar-refractivity contribution in [1.82, 2.24) is 0 Å². The first-order chi connectivity index (χ1) is 7.61. The molecule has 95 valence electrons. The van der Waals surface area contributed by atoms with Gasteiger partial charge in [-0.15, -0.1) is 0 Å². The van der Waals surface area contributed by atoms with Gasteiger partial charge >= 0.3 is 11.9 Å². The average molecular weight is 288 g/mol. The standard InChI is InChI=1S/2C5H4O3.Cu/c2*6-5(7)4-2-1-3-8-4;/h2*1-3H,(H,6,7);. The summed E-state index contributed by atoms with van der Waals surface area (Å²) in [6.07, 6.45) is 2.65. The molecule has 0 fully saturated rings. The van der Waals surface area contributed by atoms with Crippen molar-refractivity contribution >= 4 is 11.9 Å². The second-order valence-electron chi connectivity index (χ2n) is 2.56. The number of carboxylic acid groups (broad SMARTS) is 2. The summed E-state index contributed by atoms with van der Waals surface area (Å²) in [4.78, 5) is 19.9. The Kier molecular flexibility index (Phi) is 6.47. The smallest absolute Gasteiger partial charge is 0.371 e. The van der Waals surface area contributed by atoms with Crippen LogP contribution < -0.4 is 0 Å². The van der Waals surface area contributed by atoms with Gasteiger partial charge in [-0.3, -0.25) is 0 Å². The van der Waals surface area contributed by atoms with E-state index < -0.39 is 11.9 Å². The molecule has 0 aromatic carbocycles. The Morgan fingerprint density at radius 2 is 1.24 bits per heavy atom. The minimum absolute atomic E-state index is 0. The molecule has 0 atom stereocenters. The molecule has 2 rings (SSSR count). The summed E-state index contributed by atoms with van der Waals surface area (Å²) in [5, 5.41) is 16.4. The average Bonchev–Trinajstić information content (AvgIpc) is 2.93. The summed E-state index contributed by atoms with van der Waals surface area (Å²) in [7, 11) is 0. The van der Waals surface area contributed by atoms with E-state index in [1.807, 2.05) is 0 Å². The van der Waals surface area contributed by atoms with Crippen LogP contribution in [0.4, 0.5) is 0 Å². The zero-order valence-corrected chi connectivity index (χ0v) is 9.23. The van der Waals surface area contributed by atoms with Crippen LogP contribution >= 0.6 is 0 Å². The Morgan fingerprint density at radius 3 is 1.35 bits per heavy atom. The fourth-order valence-electron chi connectivity index (χ4n) is 0.800. The summed E-state index contributed by atoms with van der Waals surface area (Å²) >= 11 is 0. The molecule has 0 aliphatic carbocycles. The van der Waals surface area contributed by atoms with Gasteiger partial charge in [0.15, 0.2) is 0 Å². The quantitative estimate of drug-likeness (QED) is 0.819. The van der Waals surface area contributed by atoms with Crippen molar-refractivity contribution in [2.45, 2.75) is 0 Å². The van der Waals surface area contributed by atoms with E-state index in [-0.39, 0.29) is 28.6 Å². The van der Waals surface area contributed by atoms with Gasteiger partial charge in [0.05, 0.1) is 12.5 Å². The molecule has 0 aliphatic rings. The second-order valence-corrected chi connectivity index (χ2v) is 2.56. The van der Waals surface area contributed by atoms with E-state index in [1.54, 1.807) is 0 Å². The molecule has 2 heterocycles. The summed E-state index contributed by atoms with van der Waals surface area (Å²) in [5.74, 6) is -2.11. The normalized spacial score (nSPS) is 8.47. The SMILES string of the molecule is O=C(O)c1ccco1.O=C(O)c1ccco1.[Cu]. The third-order valence-corrected chi connectivity index (χ3v) is 1.46. The molecule has 6 nitrogen and oxygen atoms in total. The van der Waals surface area contributed by atoms with Crippen LogP contribution in [0.15, 0.2) is 45.6 Å². The van der Waals surface area contributed by atoms with Crippen LogP contribution in [0, 0.1) is 0 Å². The molecule has 2 N–H and O–H groups in total. The van der Waals surface area contributed by atoms with Crippen LogP contribution in [0.2, 0.25) is 0 Å². The zero-order valence-electron chi connectivity index (χ0n) is 8.29. The fourth-order valence-corrected chi connectivity index (χ4v) is 0.800. The maximum Gasteiger partial charge on any atom is 0.371 e. The first-order valence-corrected chi connectivity index (χ1v) is 4.15. The van der Waals surface area contributed by atoms with Gasteiger partial charge in [-0.05, 0) is 24.3 Å². The van der Waals surface area contributed by atoms with Crippen LogP contribution in [0.25, 0.3) is 0 Å². The van der Waals surface area contributed by atoms with E-state index in [9.17, 15) is 9.59 Å². The molecular formula is C10H8CuO6. The van der Waals surface area contributed by atoms with Crippen molar-refractivity contribution in [1.29, 1.82) is 0 Å². The van der Waals surface area contributed by atoms with Crippen LogP contribution in [0.3, 0.4) is 0 Å². The number of carboxylic acids is 2. The van der Waals surface area contributed by atoms with E-state index in [0.717, 1.165) is 0 Å². The molecule has 0 bridgehead atoms. The number of hydrogen-bond donors (Lipinski definition) is 2. The van der Waals surface area contributed by atoms with E-state index in [0.29, 0.717) is 0 Å². The number of rotatable bonds is 2. The molecule has 1 radical (unpaired) electrons. The van der Waals surface area contributed by atoms with Crippen LogP contribution in [0.5, 0.6) is 0 Å². The van der Waals surface area contributed by atoms with Crippen molar-refractivity contribution in [2.24, 2.45) is 0 Å². The van der Waals surface area contributed by atoms with Crippen LogP contribution in [-0.2, 0) is 17.1 Å². The van der Waals surface area contributed by atoms with Gasteiger partial charge in [0.2, 0.25) is 11.5 Å². The maximum atomic E-state index is 9.97. The molecule has 0 saturated carbocycles. The predicted octanol–water partition coefficient (Wildman–Crippen LogP) is 1.95. The molecule has 0 amide bonds. The summed E-state index contributed by atoms with van der Waals surface area (Å²) in [6, 6.07) is 5.84. The first kappa shape index (κ1) is 15.0. The maximum absolute atomic E-state index is 9.97. The molecule has 2 aromatic rings. The van der Waals surface area contributed by atoms with Crippen molar-refractivity contribution in [3.05, 3.63) is 48.3 Å². The molecule has 7 heteroatoms. The Balaban J connectivity index is 0.000000284. The molecule has 0 spiro atoms. The van der Waals surface area contributed by atoms with Gasteiger partial charge in [0, 0.05) is 17.1 Å². The van der Waals surface area contributed by atoms with Gasteiger partial charge in [-0.2, -0.15) is 0 Å². The van der Waals surface area contributed by atoms with Crippen molar-refractivity contribution in [2.75, 3.05) is 0 Å². The van der Waals surface area contributed by atoms with Gasteiger partial charge in [0.1, 0.15) is 0 Å². The predicted molar refractivity (Wildman–Crippen MR) is 51.3 cm³/mol. The van der Waals surface area contributed by atoms with Gasteiger partial charge in [0.25, 0.3) is 0 Å². The second kappa shape index (κ2) is 7.32. The largest absolute Gasteiger partial charge is 0.475 e. The monoisotopic (exact) mass is 287 g/mol. The molecule has 0 saturated heterocycles. The molecular weight excluding hydrogens is 280 g/mol. The molecule has 0 aliphatic heterocycles. The number of furan rings is 2. The Labute approximate surface area is 106 Å². The number of hydrogen-bond acceptors (Lipinski definition) is 4. The summed E-state index contributed by atoms with van der Waals surface area (Å²) in [6.45, 7) is 0. The van der Waals surface area contributed by atoms with E-state index in [2.05, 4.69) is 8.83 Å². The van der Waals surface area contributed by atoms with Gasteiger partial charge in [-0.1, -0.05) is 0 Å². The zero-order chi connectivity index (χ0) is 12.0. The molecule has 0 unspecified atom stereocenters. The Hall–Kier alpha value is -1.98. The number of aromatic carboxylic acids is 2. The third-order valence-electron chi connectivity index (χ3n) is 1.46. The van der Waals surface area contributed by atoms with Crippen molar-refractivity contribution < 1.29 is 45.7 Å². The van der Waals surface area contributed by atoms with E-state index in [4.69, 9.17) is 10.2 Å². The topological polar surface area (TPSA) is 101 Å². The van der Waals surface area contributed by atoms with Gasteiger partial charge < -0.3 is 19.0 Å². The van der Waals surface area contributed by atoms with Crippen LogP contribution in [0.1, 0.15) is 21.1 Å². The third kappa shape index (κ3) is 5.05.